The van der Waals surface area contributed by atoms with Gasteiger partial charge >= 0.3 is 12.0 Å². The highest BCUT2D eigenvalue weighted by molar-refractivity contribution is 6.33. The molecule has 8 heteroatoms. The number of para-hydroxylation sites is 1. The summed E-state index contributed by atoms with van der Waals surface area (Å²) in [6.45, 7) is 1.14. The van der Waals surface area contributed by atoms with Crippen molar-refractivity contribution in [2.24, 2.45) is 0 Å². The molecule has 1 aliphatic heterocycles. The van der Waals surface area contributed by atoms with Gasteiger partial charge in [0, 0.05) is 18.8 Å². The van der Waals surface area contributed by atoms with Gasteiger partial charge in [0.1, 0.15) is 6.10 Å². The van der Waals surface area contributed by atoms with Crippen molar-refractivity contribution in [2.75, 3.05) is 25.5 Å². The first-order valence-electron chi connectivity index (χ1n) is 8.00. The van der Waals surface area contributed by atoms with Gasteiger partial charge in [0.15, 0.2) is 0 Å². The number of methoxy groups -OCH3 is 1. The van der Waals surface area contributed by atoms with Crippen LogP contribution >= 0.6 is 11.6 Å². The zero-order valence-electron chi connectivity index (χ0n) is 13.8. The number of amides is 2. The minimum absolute atomic E-state index is 0.134. The zero-order chi connectivity index (χ0) is 17.6. The quantitative estimate of drug-likeness (QED) is 0.903. The number of likely N-dealkylation sites (tertiary alicyclic amines) is 1. The van der Waals surface area contributed by atoms with Crippen LogP contribution in [0.2, 0.25) is 5.02 Å². The number of carbonyl (C=O) groups is 1. The van der Waals surface area contributed by atoms with Crippen LogP contribution in [0.1, 0.15) is 12.8 Å². The van der Waals surface area contributed by atoms with Crippen molar-refractivity contribution in [1.29, 1.82) is 0 Å². The second-order valence-corrected chi connectivity index (χ2v) is 6.03. The molecule has 3 rings (SSSR count). The molecule has 0 spiro atoms. The van der Waals surface area contributed by atoms with Crippen LogP contribution in [0.25, 0.3) is 0 Å². The molecule has 1 saturated heterocycles. The molecule has 0 aliphatic carbocycles. The lowest BCUT2D eigenvalue weighted by Gasteiger charge is -2.32. The number of halogens is 1. The summed E-state index contributed by atoms with van der Waals surface area (Å²) in [5.41, 5.74) is 0.595. The number of rotatable bonds is 4. The molecular formula is C17H19ClN4O3. The minimum atomic E-state index is -0.193. The first-order chi connectivity index (χ1) is 12.2. The summed E-state index contributed by atoms with van der Waals surface area (Å²) < 4.78 is 10.9. The van der Waals surface area contributed by atoms with E-state index in [-0.39, 0.29) is 18.1 Å². The number of urea groups is 1. The van der Waals surface area contributed by atoms with E-state index in [1.165, 1.54) is 7.11 Å². The van der Waals surface area contributed by atoms with Crippen molar-refractivity contribution in [3.05, 3.63) is 41.6 Å². The zero-order valence-corrected chi connectivity index (χ0v) is 14.6. The van der Waals surface area contributed by atoms with Crippen molar-refractivity contribution < 1.29 is 14.3 Å². The number of hydrogen-bond donors (Lipinski definition) is 1. The third kappa shape index (κ3) is 4.51. The second kappa shape index (κ2) is 8.02. The Morgan fingerprint density at radius 2 is 2.20 bits per heavy atom. The molecule has 2 amide bonds. The van der Waals surface area contributed by atoms with E-state index in [2.05, 4.69) is 15.3 Å². The lowest BCUT2D eigenvalue weighted by Crippen LogP contribution is -2.46. The number of ether oxygens (including phenoxy) is 2. The largest absolute Gasteiger partial charge is 0.472 e. The molecule has 1 aromatic carbocycles. The highest BCUT2D eigenvalue weighted by atomic mass is 35.5. The topological polar surface area (TPSA) is 76.6 Å². The standard InChI is InChI=1S/C17H19ClN4O3/c1-24-16-19-9-8-15(21-16)25-12-5-4-10-22(11-12)17(23)20-14-7-3-2-6-13(14)18/h2-3,6-9,12H,4-5,10-11H2,1H3,(H,20,23). The second-order valence-electron chi connectivity index (χ2n) is 5.62. The van der Waals surface area contributed by atoms with Gasteiger partial charge < -0.3 is 19.7 Å². The monoisotopic (exact) mass is 362 g/mol. The van der Waals surface area contributed by atoms with Crippen LogP contribution in [0, 0.1) is 0 Å². The van der Waals surface area contributed by atoms with Crippen LogP contribution in [0.3, 0.4) is 0 Å². The van der Waals surface area contributed by atoms with E-state index in [4.69, 9.17) is 21.1 Å². The molecule has 1 aromatic heterocycles. The van der Waals surface area contributed by atoms with Gasteiger partial charge in [0.25, 0.3) is 0 Å². The first-order valence-corrected chi connectivity index (χ1v) is 8.37. The van der Waals surface area contributed by atoms with E-state index in [0.717, 1.165) is 12.8 Å². The summed E-state index contributed by atoms with van der Waals surface area (Å²) in [7, 11) is 1.50. The fraction of sp³-hybridized carbons (Fsp3) is 0.353. The lowest BCUT2D eigenvalue weighted by molar-refractivity contribution is 0.102. The molecule has 1 aliphatic rings. The van der Waals surface area contributed by atoms with Gasteiger partial charge in [-0.15, -0.1) is 0 Å². The van der Waals surface area contributed by atoms with Gasteiger partial charge in [-0.2, -0.15) is 4.98 Å². The predicted octanol–water partition coefficient (Wildman–Crippen LogP) is 3.21. The maximum atomic E-state index is 12.5. The SMILES string of the molecule is COc1nccc(OC2CCCN(C(=O)Nc3ccccc3Cl)C2)n1. The normalized spacial score (nSPS) is 17.0. The molecular weight excluding hydrogens is 344 g/mol. The Morgan fingerprint density at radius 1 is 1.36 bits per heavy atom. The Morgan fingerprint density at radius 3 is 3.00 bits per heavy atom. The summed E-state index contributed by atoms with van der Waals surface area (Å²) in [5.74, 6) is 0.435. The molecule has 1 atom stereocenters. The maximum absolute atomic E-state index is 12.5. The van der Waals surface area contributed by atoms with Crippen LogP contribution in [-0.4, -0.2) is 47.2 Å². The van der Waals surface area contributed by atoms with Crippen LogP contribution in [-0.2, 0) is 0 Å². The van der Waals surface area contributed by atoms with Crippen molar-refractivity contribution >= 4 is 23.3 Å². The third-order valence-electron chi connectivity index (χ3n) is 3.86. The summed E-state index contributed by atoms with van der Waals surface area (Å²) in [4.78, 5) is 22.3. The highest BCUT2D eigenvalue weighted by Gasteiger charge is 2.25. The van der Waals surface area contributed by atoms with Crippen LogP contribution in [0.15, 0.2) is 36.5 Å². The van der Waals surface area contributed by atoms with Crippen LogP contribution < -0.4 is 14.8 Å². The molecule has 1 N–H and O–H groups in total. The fourth-order valence-electron chi connectivity index (χ4n) is 2.64. The Bertz CT molecular complexity index is 743. The molecule has 132 valence electrons. The van der Waals surface area contributed by atoms with E-state index in [9.17, 15) is 4.79 Å². The van der Waals surface area contributed by atoms with E-state index < -0.39 is 0 Å². The van der Waals surface area contributed by atoms with Crippen molar-refractivity contribution in [1.82, 2.24) is 14.9 Å². The van der Waals surface area contributed by atoms with Crippen LogP contribution in [0.4, 0.5) is 10.5 Å². The van der Waals surface area contributed by atoms with Gasteiger partial charge in [0.05, 0.1) is 24.4 Å². The number of piperidine rings is 1. The number of hydrogen-bond acceptors (Lipinski definition) is 5. The van der Waals surface area contributed by atoms with E-state index in [1.54, 1.807) is 29.3 Å². The summed E-state index contributed by atoms with van der Waals surface area (Å²) in [6, 6.07) is 8.88. The molecule has 0 bridgehead atoms. The van der Waals surface area contributed by atoms with Gasteiger partial charge in [-0.05, 0) is 25.0 Å². The Labute approximate surface area is 150 Å². The van der Waals surface area contributed by atoms with E-state index >= 15 is 0 Å². The maximum Gasteiger partial charge on any atom is 0.322 e. The molecule has 1 unspecified atom stereocenters. The van der Waals surface area contributed by atoms with Gasteiger partial charge in [0.2, 0.25) is 5.88 Å². The number of anilines is 1. The average molecular weight is 363 g/mol. The van der Waals surface area contributed by atoms with Crippen LogP contribution in [0.5, 0.6) is 11.9 Å². The van der Waals surface area contributed by atoms with Crippen molar-refractivity contribution in [3.63, 3.8) is 0 Å². The Balaban J connectivity index is 1.60. The smallest absolute Gasteiger partial charge is 0.322 e. The molecule has 25 heavy (non-hydrogen) atoms. The summed E-state index contributed by atoms with van der Waals surface area (Å²) in [6.07, 6.45) is 3.14. The number of benzene rings is 1. The number of aromatic nitrogens is 2. The molecule has 1 fully saturated rings. The molecule has 7 nitrogen and oxygen atoms in total. The Kier molecular flexibility index (Phi) is 5.55. The van der Waals surface area contributed by atoms with E-state index in [0.29, 0.717) is 29.7 Å². The van der Waals surface area contributed by atoms with Gasteiger partial charge in [-0.25, -0.2) is 9.78 Å². The van der Waals surface area contributed by atoms with Gasteiger partial charge in [-0.1, -0.05) is 23.7 Å². The van der Waals surface area contributed by atoms with E-state index in [1.807, 2.05) is 12.1 Å². The fourth-order valence-corrected chi connectivity index (χ4v) is 2.82. The summed E-state index contributed by atoms with van der Waals surface area (Å²) in [5, 5.41) is 3.34. The molecule has 0 saturated carbocycles. The number of nitrogens with zero attached hydrogens (tertiary/aromatic N) is 3. The average Bonchev–Trinajstić information content (AvgIpc) is 2.64. The molecule has 2 heterocycles. The molecule has 0 radical (unpaired) electrons. The number of carbonyl (C=O) groups excluding carboxylic acids is 1. The Hall–Kier alpha value is -2.54. The van der Waals surface area contributed by atoms with Gasteiger partial charge in [-0.3, -0.25) is 0 Å². The number of nitrogens with one attached hydrogen (secondary N) is 1. The highest BCUT2D eigenvalue weighted by Crippen LogP contribution is 2.22. The third-order valence-corrected chi connectivity index (χ3v) is 4.19. The predicted molar refractivity (Wildman–Crippen MR) is 94.3 cm³/mol. The van der Waals surface area contributed by atoms with Crippen molar-refractivity contribution in [2.45, 2.75) is 18.9 Å². The lowest BCUT2D eigenvalue weighted by atomic mass is 10.1. The van der Waals surface area contributed by atoms with Crippen molar-refractivity contribution in [3.8, 4) is 11.9 Å². The molecule has 2 aromatic rings. The summed E-state index contributed by atoms with van der Waals surface area (Å²) >= 11 is 6.09. The minimum Gasteiger partial charge on any atom is -0.472 e. The first kappa shape index (κ1) is 17.3.